The van der Waals surface area contributed by atoms with Crippen LogP contribution in [0.2, 0.25) is 0 Å². The third kappa shape index (κ3) is 1.49. The second kappa shape index (κ2) is 3.01. The maximum Gasteiger partial charge on any atom is 0.148 e. The summed E-state index contributed by atoms with van der Waals surface area (Å²) in [5.41, 5.74) is 12.1. The lowest BCUT2D eigenvalue weighted by molar-refractivity contribution is 0.628. The first-order chi connectivity index (χ1) is 5.52. The van der Waals surface area contributed by atoms with E-state index in [1.54, 1.807) is 6.07 Å². The van der Waals surface area contributed by atoms with Crippen molar-refractivity contribution >= 4 is 11.4 Å². The van der Waals surface area contributed by atoms with Gasteiger partial charge in [-0.15, -0.1) is 0 Å². The van der Waals surface area contributed by atoms with Gasteiger partial charge in [-0.05, 0) is 23.6 Å². The molecule has 0 heterocycles. The molecule has 0 saturated carbocycles. The number of nitrogens with two attached hydrogens (primary N) is 2. The highest BCUT2D eigenvalue weighted by atomic mass is 19.1. The van der Waals surface area contributed by atoms with Crippen LogP contribution in [0.1, 0.15) is 25.3 Å². The Kier molecular flexibility index (Phi) is 2.22. The van der Waals surface area contributed by atoms with E-state index in [9.17, 15) is 4.39 Å². The number of nitrogen functional groups attached to an aromatic ring is 2. The number of benzene rings is 1. The van der Waals surface area contributed by atoms with Gasteiger partial charge in [0.25, 0.3) is 0 Å². The van der Waals surface area contributed by atoms with Gasteiger partial charge < -0.3 is 11.5 Å². The molecule has 12 heavy (non-hydrogen) atoms. The normalized spacial score (nSPS) is 10.7. The van der Waals surface area contributed by atoms with Gasteiger partial charge >= 0.3 is 0 Å². The molecule has 1 aromatic rings. The van der Waals surface area contributed by atoms with Gasteiger partial charge in [-0.2, -0.15) is 0 Å². The van der Waals surface area contributed by atoms with Crippen molar-refractivity contribution in [3.63, 3.8) is 0 Å². The molecular formula is C9H13FN2. The van der Waals surface area contributed by atoms with Crippen LogP contribution >= 0.6 is 0 Å². The van der Waals surface area contributed by atoms with E-state index in [1.807, 2.05) is 13.8 Å². The molecule has 0 aromatic heterocycles. The summed E-state index contributed by atoms with van der Waals surface area (Å²) in [6.07, 6.45) is 0. The number of hydrogen-bond donors (Lipinski definition) is 2. The molecular weight excluding hydrogens is 155 g/mol. The van der Waals surface area contributed by atoms with E-state index < -0.39 is 5.82 Å². The summed E-state index contributed by atoms with van der Waals surface area (Å²) in [6.45, 7) is 3.95. The number of hydrogen-bond acceptors (Lipinski definition) is 2. The lowest BCUT2D eigenvalue weighted by Crippen LogP contribution is -2.00. The van der Waals surface area contributed by atoms with Crippen LogP contribution in [0.3, 0.4) is 0 Å². The van der Waals surface area contributed by atoms with Crippen LogP contribution in [0.25, 0.3) is 0 Å². The molecule has 0 saturated heterocycles. The molecule has 0 atom stereocenters. The quantitative estimate of drug-likeness (QED) is 0.631. The van der Waals surface area contributed by atoms with E-state index in [1.165, 1.54) is 6.07 Å². The van der Waals surface area contributed by atoms with E-state index >= 15 is 0 Å². The Bertz CT molecular complexity index is 272. The molecule has 2 nitrogen and oxygen atoms in total. The minimum absolute atomic E-state index is 0.0411. The Morgan fingerprint density at radius 2 is 1.83 bits per heavy atom. The average Bonchev–Trinajstić information content (AvgIpc) is 1.99. The Labute approximate surface area is 71.4 Å². The zero-order chi connectivity index (χ0) is 9.30. The molecule has 0 radical (unpaired) electrons. The van der Waals surface area contributed by atoms with Gasteiger partial charge in [-0.3, -0.25) is 0 Å². The van der Waals surface area contributed by atoms with Gasteiger partial charge in [0.15, 0.2) is 0 Å². The standard InChI is InChI=1S/C9H13FN2/c1-5(2)6-3-7(10)9(12)8(11)4-6/h3-5H,11-12H2,1-2H3. The van der Waals surface area contributed by atoms with E-state index in [2.05, 4.69) is 0 Å². The summed E-state index contributed by atoms with van der Waals surface area (Å²) in [5, 5.41) is 0. The molecule has 0 aliphatic rings. The van der Waals surface area contributed by atoms with E-state index in [-0.39, 0.29) is 11.6 Å². The highest BCUT2D eigenvalue weighted by molar-refractivity contribution is 5.65. The molecule has 0 spiro atoms. The van der Waals surface area contributed by atoms with Crippen LogP contribution in [0, 0.1) is 5.82 Å². The summed E-state index contributed by atoms with van der Waals surface area (Å²) < 4.78 is 13.0. The molecule has 0 fully saturated rings. The minimum atomic E-state index is -0.432. The third-order valence-electron chi connectivity index (χ3n) is 1.85. The van der Waals surface area contributed by atoms with Gasteiger partial charge in [0.1, 0.15) is 5.82 Å². The van der Waals surface area contributed by atoms with Crippen LogP contribution < -0.4 is 11.5 Å². The predicted octanol–water partition coefficient (Wildman–Crippen LogP) is 2.11. The summed E-state index contributed by atoms with van der Waals surface area (Å²) in [6, 6.07) is 3.14. The first-order valence-corrected chi connectivity index (χ1v) is 3.86. The van der Waals surface area contributed by atoms with Crippen LogP contribution in [0.15, 0.2) is 12.1 Å². The van der Waals surface area contributed by atoms with Crippen molar-refractivity contribution < 1.29 is 4.39 Å². The van der Waals surface area contributed by atoms with E-state index in [0.717, 1.165) is 5.56 Å². The van der Waals surface area contributed by atoms with Gasteiger partial charge in [0.2, 0.25) is 0 Å². The second-order valence-electron chi connectivity index (χ2n) is 3.16. The number of rotatable bonds is 1. The first-order valence-electron chi connectivity index (χ1n) is 3.86. The van der Waals surface area contributed by atoms with E-state index in [4.69, 9.17) is 11.5 Å². The van der Waals surface area contributed by atoms with Crippen molar-refractivity contribution in [2.45, 2.75) is 19.8 Å². The molecule has 3 heteroatoms. The minimum Gasteiger partial charge on any atom is -0.397 e. The molecule has 0 aliphatic heterocycles. The largest absolute Gasteiger partial charge is 0.397 e. The van der Waals surface area contributed by atoms with Crippen molar-refractivity contribution in [2.75, 3.05) is 11.5 Å². The summed E-state index contributed by atoms with van der Waals surface area (Å²) >= 11 is 0. The van der Waals surface area contributed by atoms with Crippen LogP contribution in [0.5, 0.6) is 0 Å². The summed E-state index contributed by atoms with van der Waals surface area (Å²) in [4.78, 5) is 0. The maximum atomic E-state index is 13.0. The molecule has 1 aromatic carbocycles. The van der Waals surface area contributed by atoms with Crippen LogP contribution in [-0.4, -0.2) is 0 Å². The van der Waals surface area contributed by atoms with Gasteiger partial charge in [-0.1, -0.05) is 13.8 Å². The van der Waals surface area contributed by atoms with Crippen molar-refractivity contribution in [1.82, 2.24) is 0 Å². The van der Waals surface area contributed by atoms with Gasteiger partial charge in [0.05, 0.1) is 11.4 Å². The lowest BCUT2D eigenvalue weighted by atomic mass is 10.0. The molecule has 0 amide bonds. The first kappa shape index (κ1) is 8.84. The Hall–Kier alpha value is -1.25. The van der Waals surface area contributed by atoms with Gasteiger partial charge in [-0.25, -0.2) is 4.39 Å². The van der Waals surface area contributed by atoms with Crippen LogP contribution in [0.4, 0.5) is 15.8 Å². The second-order valence-corrected chi connectivity index (χ2v) is 3.16. The van der Waals surface area contributed by atoms with Crippen molar-refractivity contribution in [1.29, 1.82) is 0 Å². The highest BCUT2D eigenvalue weighted by Gasteiger charge is 2.07. The van der Waals surface area contributed by atoms with Crippen LogP contribution in [-0.2, 0) is 0 Å². The molecule has 0 aliphatic carbocycles. The van der Waals surface area contributed by atoms with Crippen molar-refractivity contribution in [2.24, 2.45) is 0 Å². The lowest BCUT2D eigenvalue weighted by Gasteiger charge is -2.08. The predicted molar refractivity (Wildman–Crippen MR) is 49.3 cm³/mol. The number of anilines is 2. The summed E-state index contributed by atoms with van der Waals surface area (Å²) in [5.74, 6) is -0.166. The molecule has 66 valence electrons. The molecule has 1 rings (SSSR count). The smallest absolute Gasteiger partial charge is 0.148 e. The molecule has 4 N–H and O–H groups in total. The van der Waals surface area contributed by atoms with Crippen molar-refractivity contribution in [3.8, 4) is 0 Å². The monoisotopic (exact) mass is 168 g/mol. The SMILES string of the molecule is CC(C)c1cc(N)c(N)c(F)c1. The fourth-order valence-electron chi connectivity index (χ4n) is 0.994. The van der Waals surface area contributed by atoms with Crippen molar-refractivity contribution in [3.05, 3.63) is 23.5 Å². The van der Waals surface area contributed by atoms with E-state index in [0.29, 0.717) is 5.69 Å². The zero-order valence-corrected chi connectivity index (χ0v) is 7.26. The van der Waals surface area contributed by atoms with Gasteiger partial charge in [0, 0.05) is 0 Å². The fraction of sp³-hybridized carbons (Fsp3) is 0.333. The topological polar surface area (TPSA) is 52.0 Å². The summed E-state index contributed by atoms with van der Waals surface area (Å²) in [7, 11) is 0. The zero-order valence-electron chi connectivity index (χ0n) is 7.26. The molecule has 0 bridgehead atoms. The fourth-order valence-corrected chi connectivity index (χ4v) is 0.994. The average molecular weight is 168 g/mol. The number of halogens is 1. The third-order valence-corrected chi connectivity index (χ3v) is 1.85. The Balaban J connectivity index is 3.21. The maximum absolute atomic E-state index is 13.0. The highest BCUT2D eigenvalue weighted by Crippen LogP contribution is 2.25. The molecule has 0 unspecified atom stereocenters. The Morgan fingerprint density at radius 1 is 1.25 bits per heavy atom. The Morgan fingerprint density at radius 3 is 2.25 bits per heavy atom.